The Labute approximate surface area is 204 Å². The molecule has 6 aromatic carbocycles. The second kappa shape index (κ2) is 7.75. The summed E-state index contributed by atoms with van der Waals surface area (Å²) in [5, 5.41) is 7.56. The number of nitrogens with zero attached hydrogens (tertiary/aromatic N) is 2. The highest BCUT2D eigenvalue weighted by Gasteiger charge is 2.15. The van der Waals surface area contributed by atoms with E-state index in [2.05, 4.69) is 144 Å². The fourth-order valence-corrected chi connectivity index (χ4v) is 5.47. The van der Waals surface area contributed by atoms with Crippen LogP contribution in [0.5, 0.6) is 0 Å². The molecule has 0 atom stereocenters. The SMILES string of the molecule is CN(c1ccc2ccccc2c1)c1cccc2c(-n3c4ccccc4c4ccccc43)cccc12. The van der Waals surface area contributed by atoms with Crippen LogP contribution >= 0.6 is 0 Å². The molecule has 0 aliphatic rings. The van der Waals surface area contributed by atoms with Gasteiger partial charge in [-0.25, -0.2) is 0 Å². The Morgan fingerprint density at radius 2 is 1.09 bits per heavy atom. The maximum Gasteiger partial charge on any atom is 0.0541 e. The third kappa shape index (κ3) is 3.04. The lowest BCUT2D eigenvalue weighted by atomic mass is 10.0. The van der Waals surface area contributed by atoms with Crippen LogP contribution in [0.2, 0.25) is 0 Å². The summed E-state index contributed by atoms with van der Waals surface area (Å²) in [5.74, 6) is 0. The lowest BCUT2D eigenvalue weighted by Gasteiger charge is -2.23. The quantitative estimate of drug-likeness (QED) is 0.262. The lowest BCUT2D eigenvalue weighted by molar-refractivity contribution is 1.19. The molecule has 0 radical (unpaired) electrons. The summed E-state index contributed by atoms with van der Waals surface area (Å²) in [6.45, 7) is 0. The summed E-state index contributed by atoms with van der Waals surface area (Å²) < 4.78 is 2.41. The lowest BCUT2D eigenvalue weighted by Crippen LogP contribution is -2.10. The standard InChI is InChI=1S/C33H24N2/c1-34(25-21-20-23-10-2-3-11-24(23)22-25)30-18-8-15-29-26(30)14-9-19-33(29)35-31-16-6-4-12-27(31)28-13-5-7-17-32(28)35/h2-22H,1H3. The van der Waals surface area contributed by atoms with Crippen LogP contribution in [-0.2, 0) is 0 Å². The molecule has 0 unspecified atom stereocenters. The van der Waals surface area contributed by atoms with E-state index in [1.807, 2.05) is 0 Å². The normalized spacial score (nSPS) is 11.6. The van der Waals surface area contributed by atoms with Crippen molar-refractivity contribution in [1.29, 1.82) is 0 Å². The second-order valence-corrected chi connectivity index (χ2v) is 9.11. The van der Waals surface area contributed by atoms with Crippen molar-refractivity contribution in [1.82, 2.24) is 4.57 Å². The number of hydrogen-bond donors (Lipinski definition) is 0. The Morgan fingerprint density at radius 3 is 1.86 bits per heavy atom. The van der Waals surface area contributed by atoms with Crippen molar-refractivity contribution in [3.05, 3.63) is 127 Å². The second-order valence-electron chi connectivity index (χ2n) is 9.11. The van der Waals surface area contributed by atoms with Crippen molar-refractivity contribution in [2.24, 2.45) is 0 Å². The molecular formula is C33H24N2. The highest BCUT2D eigenvalue weighted by atomic mass is 15.1. The number of anilines is 2. The molecule has 7 aromatic rings. The Kier molecular flexibility index (Phi) is 4.40. The summed E-state index contributed by atoms with van der Waals surface area (Å²) in [6, 6.07) is 45.9. The van der Waals surface area contributed by atoms with Gasteiger partial charge in [-0.15, -0.1) is 0 Å². The first-order valence-corrected chi connectivity index (χ1v) is 12.0. The van der Waals surface area contributed by atoms with Gasteiger partial charge in [0.2, 0.25) is 0 Å². The monoisotopic (exact) mass is 448 g/mol. The third-order valence-corrected chi connectivity index (χ3v) is 7.18. The molecule has 0 N–H and O–H groups in total. The molecular weight excluding hydrogens is 424 g/mol. The highest BCUT2D eigenvalue weighted by Crippen LogP contribution is 2.38. The number of rotatable bonds is 3. The van der Waals surface area contributed by atoms with Crippen LogP contribution in [0, 0.1) is 0 Å². The minimum atomic E-state index is 1.18. The van der Waals surface area contributed by atoms with Crippen molar-refractivity contribution in [2.45, 2.75) is 0 Å². The molecule has 1 heterocycles. The van der Waals surface area contributed by atoms with Crippen LogP contribution in [0.25, 0.3) is 49.0 Å². The molecule has 0 amide bonds. The predicted octanol–water partition coefficient (Wildman–Crippen LogP) is 8.86. The van der Waals surface area contributed by atoms with Crippen molar-refractivity contribution in [3.63, 3.8) is 0 Å². The van der Waals surface area contributed by atoms with Crippen LogP contribution < -0.4 is 4.90 Å². The van der Waals surface area contributed by atoms with E-state index in [4.69, 9.17) is 0 Å². The zero-order chi connectivity index (χ0) is 23.4. The number of para-hydroxylation sites is 2. The maximum atomic E-state index is 2.41. The van der Waals surface area contributed by atoms with Gasteiger partial charge in [-0.2, -0.15) is 0 Å². The van der Waals surface area contributed by atoms with Gasteiger partial charge < -0.3 is 9.47 Å². The van der Waals surface area contributed by atoms with Crippen LogP contribution in [0.4, 0.5) is 11.4 Å². The average molecular weight is 449 g/mol. The Bertz CT molecular complexity index is 1820. The van der Waals surface area contributed by atoms with Crippen molar-refractivity contribution >= 4 is 54.7 Å². The fraction of sp³-hybridized carbons (Fsp3) is 0.0303. The van der Waals surface area contributed by atoms with E-state index in [-0.39, 0.29) is 0 Å². The van der Waals surface area contributed by atoms with E-state index in [1.165, 1.54) is 60.4 Å². The van der Waals surface area contributed by atoms with Gasteiger partial charge in [0.15, 0.2) is 0 Å². The zero-order valence-electron chi connectivity index (χ0n) is 19.5. The molecule has 0 aliphatic heterocycles. The van der Waals surface area contributed by atoms with Crippen LogP contribution in [0.1, 0.15) is 0 Å². The Hall–Kier alpha value is -4.56. The molecule has 0 aliphatic carbocycles. The molecule has 0 saturated heterocycles. The number of hydrogen-bond acceptors (Lipinski definition) is 1. The fourth-order valence-electron chi connectivity index (χ4n) is 5.47. The van der Waals surface area contributed by atoms with E-state index in [1.54, 1.807) is 0 Å². The van der Waals surface area contributed by atoms with Crippen LogP contribution in [0.15, 0.2) is 127 Å². The van der Waals surface area contributed by atoms with E-state index < -0.39 is 0 Å². The molecule has 0 saturated carbocycles. The first-order chi connectivity index (χ1) is 17.3. The molecule has 2 nitrogen and oxygen atoms in total. The number of benzene rings is 6. The van der Waals surface area contributed by atoms with Gasteiger partial charge in [-0.3, -0.25) is 0 Å². The van der Waals surface area contributed by atoms with Gasteiger partial charge in [0.05, 0.1) is 16.7 Å². The molecule has 166 valence electrons. The van der Waals surface area contributed by atoms with Gasteiger partial charge in [-0.1, -0.05) is 91.0 Å². The van der Waals surface area contributed by atoms with Gasteiger partial charge >= 0.3 is 0 Å². The van der Waals surface area contributed by atoms with Gasteiger partial charge in [0.25, 0.3) is 0 Å². The van der Waals surface area contributed by atoms with Gasteiger partial charge in [0, 0.05) is 40.0 Å². The molecule has 1 aromatic heterocycles. The van der Waals surface area contributed by atoms with Crippen molar-refractivity contribution in [2.75, 3.05) is 11.9 Å². The number of fused-ring (bicyclic) bond motifs is 5. The smallest absolute Gasteiger partial charge is 0.0541 e. The largest absolute Gasteiger partial charge is 0.344 e. The first-order valence-electron chi connectivity index (χ1n) is 12.0. The van der Waals surface area contributed by atoms with Crippen molar-refractivity contribution in [3.8, 4) is 5.69 Å². The minimum absolute atomic E-state index is 1.18. The first kappa shape index (κ1) is 19.9. The molecule has 35 heavy (non-hydrogen) atoms. The summed E-state index contributed by atoms with van der Waals surface area (Å²) in [7, 11) is 2.16. The molecule has 0 fully saturated rings. The topological polar surface area (TPSA) is 8.17 Å². The summed E-state index contributed by atoms with van der Waals surface area (Å²) in [6.07, 6.45) is 0. The predicted molar refractivity (Wildman–Crippen MR) is 150 cm³/mol. The minimum Gasteiger partial charge on any atom is -0.344 e. The molecule has 7 rings (SSSR count). The van der Waals surface area contributed by atoms with Gasteiger partial charge in [-0.05, 0) is 47.2 Å². The summed E-state index contributed by atoms with van der Waals surface area (Å²) >= 11 is 0. The third-order valence-electron chi connectivity index (χ3n) is 7.18. The Balaban J connectivity index is 1.46. The summed E-state index contributed by atoms with van der Waals surface area (Å²) in [5.41, 5.74) is 6.04. The highest BCUT2D eigenvalue weighted by molar-refractivity contribution is 6.11. The Morgan fingerprint density at radius 1 is 0.486 bits per heavy atom. The van der Waals surface area contributed by atoms with Gasteiger partial charge in [0.1, 0.15) is 0 Å². The molecule has 2 heteroatoms. The molecule has 0 spiro atoms. The zero-order valence-corrected chi connectivity index (χ0v) is 19.5. The van der Waals surface area contributed by atoms with E-state index in [0.29, 0.717) is 0 Å². The van der Waals surface area contributed by atoms with E-state index in [0.717, 1.165) is 0 Å². The van der Waals surface area contributed by atoms with E-state index in [9.17, 15) is 0 Å². The maximum absolute atomic E-state index is 2.41. The van der Waals surface area contributed by atoms with Crippen molar-refractivity contribution < 1.29 is 0 Å². The summed E-state index contributed by atoms with van der Waals surface area (Å²) in [4.78, 5) is 2.30. The van der Waals surface area contributed by atoms with E-state index >= 15 is 0 Å². The van der Waals surface area contributed by atoms with Crippen LogP contribution in [0.3, 0.4) is 0 Å². The molecule has 0 bridgehead atoms. The average Bonchev–Trinajstić information content (AvgIpc) is 3.26. The van der Waals surface area contributed by atoms with Crippen LogP contribution in [-0.4, -0.2) is 11.6 Å². The number of aromatic nitrogens is 1.